The van der Waals surface area contributed by atoms with Gasteiger partial charge in [0.25, 0.3) is 0 Å². The summed E-state index contributed by atoms with van der Waals surface area (Å²) >= 11 is 0. The molecule has 10 heteroatoms. The minimum Gasteiger partial charge on any atom is -0.497 e. The van der Waals surface area contributed by atoms with E-state index in [0.717, 1.165) is 18.5 Å². The van der Waals surface area contributed by atoms with Crippen LogP contribution in [0.5, 0.6) is 17.4 Å². The van der Waals surface area contributed by atoms with E-state index >= 15 is 0 Å². The lowest BCUT2D eigenvalue weighted by Crippen LogP contribution is -2.29. The highest BCUT2D eigenvalue weighted by atomic mass is 16.5. The van der Waals surface area contributed by atoms with E-state index in [4.69, 9.17) is 14.2 Å². The molecule has 3 heterocycles. The van der Waals surface area contributed by atoms with Crippen molar-refractivity contribution in [2.75, 3.05) is 7.11 Å². The summed E-state index contributed by atoms with van der Waals surface area (Å²) in [6, 6.07) is 7.13. The Balaban J connectivity index is 1.48. The molecule has 0 amide bonds. The molecule has 174 valence electrons. The van der Waals surface area contributed by atoms with Gasteiger partial charge in [-0.25, -0.2) is 14.6 Å². The second-order valence-electron chi connectivity index (χ2n) is 8.05. The van der Waals surface area contributed by atoms with Crippen molar-refractivity contribution in [1.82, 2.24) is 25.0 Å². The molecule has 0 saturated heterocycles. The van der Waals surface area contributed by atoms with E-state index in [1.165, 1.54) is 0 Å². The molecule has 1 fully saturated rings. The second kappa shape index (κ2) is 9.85. The molecule has 10 nitrogen and oxygen atoms in total. The summed E-state index contributed by atoms with van der Waals surface area (Å²) in [5.74, 6) is 0.634. The van der Waals surface area contributed by atoms with E-state index in [-0.39, 0.29) is 18.6 Å². The van der Waals surface area contributed by atoms with Crippen LogP contribution in [-0.4, -0.2) is 49.3 Å². The van der Waals surface area contributed by atoms with Crippen LogP contribution in [0.3, 0.4) is 0 Å². The molecule has 4 rings (SSSR count). The number of carboxylic acids is 1. The maximum absolute atomic E-state index is 11.3. The standard InChI is InChI=1S/C23H27N5O5/c1-14-20(33-17-6-4-5-15(11-17)23(29)30)8-7-18(25-14)22-19(28(2)27-26-22)13-32-21-12-16(31-3)9-10-24-21/h7-10,12,15,17H,4-6,11,13H2,1-3H3,(H,29,30)/t15-,17-/m0/s1. The minimum absolute atomic E-state index is 0.123. The average molecular weight is 453 g/mol. The van der Waals surface area contributed by atoms with Crippen LogP contribution in [0.1, 0.15) is 37.1 Å². The van der Waals surface area contributed by atoms with Gasteiger partial charge in [0.1, 0.15) is 29.5 Å². The summed E-state index contributed by atoms with van der Waals surface area (Å²) in [5, 5.41) is 17.7. The number of aromatic nitrogens is 5. The first-order chi connectivity index (χ1) is 15.9. The Morgan fingerprint density at radius 2 is 2.12 bits per heavy atom. The largest absolute Gasteiger partial charge is 0.497 e. The van der Waals surface area contributed by atoms with Crippen LogP contribution in [0.25, 0.3) is 11.4 Å². The van der Waals surface area contributed by atoms with Crippen molar-refractivity contribution in [2.45, 2.75) is 45.3 Å². The number of ether oxygens (including phenoxy) is 3. The van der Waals surface area contributed by atoms with Gasteiger partial charge in [0.15, 0.2) is 0 Å². The molecular weight excluding hydrogens is 426 g/mol. The van der Waals surface area contributed by atoms with Crippen molar-refractivity contribution in [3.8, 4) is 28.8 Å². The number of hydrogen-bond acceptors (Lipinski definition) is 8. The van der Waals surface area contributed by atoms with E-state index in [1.54, 1.807) is 37.2 Å². The first-order valence-electron chi connectivity index (χ1n) is 10.8. The summed E-state index contributed by atoms with van der Waals surface area (Å²) in [4.78, 5) is 20.2. The first kappa shape index (κ1) is 22.5. The van der Waals surface area contributed by atoms with Crippen LogP contribution in [0, 0.1) is 12.8 Å². The van der Waals surface area contributed by atoms with Crippen molar-refractivity contribution in [3.05, 3.63) is 41.9 Å². The summed E-state index contributed by atoms with van der Waals surface area (Å²) in [5.41, 5.74) is 2.71. The molecule has 0 radical (unpaired) electrons. The molecular formula is C23H27N5O5. The first-order valence-corrected chi connectivity index (χ1v) is 10.8. The topological polar surface area (TPSA) is 121 Å². The van der Waals surface area contributed by atoms with Gasteiger partial charge < -0.3 is 19.3 Å². The van der Waals surface area contributed by atoms with E-state index in [2.05, 4.69) is 20.3 Å². The van der Waals surface area contributed by atoms with Crippen molar-refractivity contribution in [1.29, 1.82) is 0 Å². The molecule has 1 N–H and O–H groups in total. The number of methoxy groups -OCH3 is 1. The lowest BCUT2D eigenvalue weighted by molar-refractivity contribution is -0.143. The van der Waals surface area contributed by atoms with Crippen LogP contribution in [-0.2, 0) is 18.4 Å². The highest BCUT2D eigenvalue weighted by Gasteiger charge is 2.28. The fourth-order valence-electron chi connectivity index (χ4n) is 3.94. The van der Waals surface area contributed by atoms with Crippen LogP contribution in [0.15, 0.2) is 30.5 Å². The molecule has 3 aromatic rings. The number of nitrogens with zero attached hydrogens (tertiary/aromatic N) is 5. The summed E-state index contributed by atoms with van der Waals surface area (Å²) in [6.07, 6.45) is 4.40. The van der Waals surface area contributed by atoms with Crippen LogP contribution >= 0.6 is 0 Å². The fourth-order valence-corrected chi connectivity index (χ4v) is 3.94. The lowest BCUT2D eigenvalue weighted by Gasteiger charge is -2.27. The van der Waals surface area contributed by atoms with Crippen molar-refractivity contribution in [2.24, 2.45) is 13.0 Å². The number of pyridine rings is 2. The number of rotatable bonds is 8. The van der Waals surface area contributed by atoms with Gasteiger partial charge in [0.2, 0.25) is 5.88 Å². The molecule has 3 aromatic heterocycles. The molecule has 33 heavy (non-hydrogen) atoms. The van der Waals surface area contributed by atoms with Gasteiger partial charge in [-0.2, -0.15) is 0 Å². The molecule has 0 spiro atoms. The maximum atomic E-state index is 11.3. The predicted octanol–water partition coefficient (Wildman–Crippen LogP) is 3.19. The predicted molar refractivity (Wildman–Crippen MR) is 118 cm³/mol. The van der Waals surface area contributed by atoms with Crippen molar-refractivity contribution in [3.63, 3.8) is 0 Å². The Morgan fingerprint density at radius 1 is 1.27 bits per heavy atom. The monoisotopic (exact) mass is 453 g/mol. The van der Waals surface area contributed by atoms with Gasteiger partial charge >= 0.3 is 5.97 Å². The highest BCUT2D eigenvalue weighted by Crippen LogP contribution is 2.30. The zero-order chi connectivity index (χ0) is 23.4. The van der Waals surface area contributed by atoms with Crippen LogP contribution in [0.2, 0.25) is 0 Å². The number of carboxylic acid groups (broad SMARTS) is 1. The third-order valence-electron chi connectivity index (χ3n) is 5.79. The van der Waals surface area contributed by atoms with Crippen LogP contribution < -0.4 is 14.2 Å². The van der Waals surface area contributed by atoms with E-state index in [0.29, 0.717) is 47.3 Å². The highest BCUT2D eigenvalue weighted by molar-refractivity contribution is 5.70. The Labute approximate surface area is 191 Å². The Morgan fingerprint density at radius 3 is 2.88 bits per heavy atom. The Kier molecular flexibility index (Phi) is 6.71. The minimum atomic E-state index is -0.755. The average Bonchev–Trinajstić information content (AvgIpc) is 3.19. The maximum Gasteiger partial charge on any atom is 0.306 e. The molecule has 2 atom stereocenters. The SMILES string of the molecule is COc1ccnc(OCc2c(-c3ccc(O[C@H]4CCC[C@H](C(=O)O)C4)c(C)n3)nnn2C)c1. The van der Waals surface area contributed by atoms with Gasteiger partial charge in [-0.05, 0) is 50.8 Å². The van der Waals surface area contributed by atoms with Crippen molar-refractivity contribution < 1.29 is 24.1 Å². The molecule has 1 saturated carbocycles. The third kappa shape index (κ3) is 5.21. The van der Waals surface area contributed by atoms with E-state index in [1.807, 2.05) is 19.1 Å². The van der Waals surface area contributed by atoms with Crippen LogP contribution in [0.4, 0.5) is 0 Å². The Bertz CT molecular complexity index is 1130. The number of aryl methyl sites for hydroxylation is 2. The van der Waals surface area contributed by atoms with Gasteiger partial charge in [-0.1, -0.05) is 5.21 Å². The van der Waals surface area contributed by atoms with E-state index in [9.17, 15) is 9.90 Å². The lowest BCUT2D eigenvalue weighted by atomic mass is 9.87. The fraction of sp³-hybridized carbons (Fsp3) is 0.435. The number of hydrogen-bond donors (Lipinski definition) is 1. The summed E-state index contributed by atoms with van der Waals surface area (Å²) in [6.45, 7) is 2.07. The van der Waals surface area contributed by atoms with E-state index < -0.39 is 5.97 Å². The van der Waals surface area contributed by atoms with Gasteiger partial charge in [0.05, 0.1) is 30.5 Å². The molecule has 0 bridgehead atoms. The molecule has 1 aliphatic carbocycles. The summed E-state index contributed by atoms with van der Waals surface area (Å²) in [7, 11) is 3.38. The molecule has 0 aromatic carbocycles. The Hall–Kier alpha value is -3.69. The normalized spacial score (nSPS) is 18.0. The van der Waals surface area contributed by atoms with Gasteiger partial charge in [0, 0.05) is 19.3 Å². The molecule has 1 aliphatic rings. The third-order valence-corrected chi connectivity index (χ3v) is 5.79. The quantitative estimate of drug-likeness (QED) is 0.548. The van der Waals surface area contributed by atoms with Gasteiger partial charge in [-0.3, -0.25) is 4.79 Å². The van der Waals surface area contributed by atoms with Gasteiger partial charge in [-0.15, -0.1) is 5.10 Å². The molecule has 0 aliphatic heterocycles. The summed E-state index contributed by atoms with van der Waals surface area (Å²) < 4.78 is 18.8. The number of carbonyl (C=O) groups is 1. The zero-order valence-electron chi connectivity index (χ0n) is 18.9. The number of aliphatic carboxylic acids is 1. The zero-order valence-corrected chi connectivity index (χ0v) is 18.9. The van der Waals surface area contributed by atoms with Crippen molar-refractivity contribution >= 4 is 5.97 Å². The smallest absolute Gasteiger partial charge is 0.306 e. The molecule has 0 unspecified atom stereocenters. The second-order valence-corrected chi connectivity index (χ2v) is 8.05.